The third kappa shape index (κ3) is 14.8. The summed E-state index contributed by atoms with van der Waals surface area (Å²) in [6.45, 7) is 4.23. The number of rotatable bonds is 15. The van der Waals surface area contributed by atoms with Gasteiger partial charge in [-0.1, -0.05) is 61.3 Å². The topological polar surface area (TPSA) is 536 Å². The van der Waals surface area contributed by atoms with Gasteiger partial charge in [-0.05, 0) is 163 Å². The van der Waals surface area contributed by atoms with Crippen molar-refractivity contribution in [3.63, 3.8) is 0 Å². The molecule has 22 N–H and O–H groups in total. The summed E-state index contributed by atoms with van der Waals surface area (Å²) < 4.78 is 38.8. The number of nitrogens with two attached hydrogens (primary N) is 3. The number of aliphatic hydroxyl groups excluding tert-OH is 7. The van der Waals surface area contributed by atoms with Crippen LogP contribution in [0.3, 0.4) is 0 Å². The van der Waals surface area contributed by atoms with Crippen LogP contribution >= 0.6 is 23.2 Å². The van der Waals surface area contributed by atoms with E-state index in [1.54, 1.807) is 0 Å². The van der Waals surface area contributed by atoms with Gasteiger partial charge in [0.2, 0.25) is 65.1 Å². The molecule has 0 radical (unpaired) electrons. The molecule has 111 heavy (non-hydrogen) atoms. The normalized spacial score (nSPS) is 36.3. The summed E-state index contributed by atoms with van der Waals surface area (Å²) in [6, 6.07) is -2.78. The Balaban J connectivity index is 0.935. The van der Waals surface area contributed by atoms with Crippen LogP contribution in [0.2, 0.25) is 5.02 Å². The number of fused-ring (bicyclic) bond motifs is 16. The van der Waals surface area contributed by atoms with Crippen LogP contribution in [0.5, 0.6) is 23.0 Å². The van der Waals surface area contributed by atoms with E-state index in [0.717, 1.165) is 43.9 Å². The third-order valence-corrected chi connectivity index (χ3v) is 24.8. The van der Waals surface area contributed by atoms with Crippen LogP contribution in [0.15, 0.2) is 88.5 Å². The van der Waals surface area contributed by atoms with Crippen molar-refractivity contribution < 1.29 is 113 Å². The summed E-state index contributed by atoms with van der Waals surface area (Å²) >= 11 is 14.4. The molecule has 6 heterocycles. The number of primary amides is 2. The molecule has 6 fully saturated rings. The number of benzene rings is 3. The Hall–Kier alpha value is -8.20. The second kappa shape index (κ2) is 31.0. The number of hydrogen-bond acceptors (Lipinski definition) is 25. The van der Waals surface area contributed by atoms with Crippen molar-refractivity contribution in [2.45, 2.75) is 213 Å². The van der Waals surface area contributed by atoms with Crippen LogP contribution in [0.25, 0.3) is 5.57 Å². The molecule has 3 aromatic carbocycles. The van der Waals surface area contributed by atoms with E-state index >= 15 is 14.4 Å². The molecule has 6 aliphatic heterocycles. The molecule has 0 aromatic heterocycles. The SMILES string of the molecule is CNC(CC(C)C)C(=O)NC1C(=O)NC(CC(N)=O)C(=O)NC2C(=O)NC(C(N)=O)c3ccc4c(c3)C3=C(CC(O)C=C3C(C(=O)NC3C5CC6CC7CC3C67C5)NC(=O)CC(O)C3=CCC(Oc5cc2cc(c5OC2OC(CO)C(O)C(O)C2OC2CC(N)C(O)C(C)O2)Oc2ccc(cc2Cl)C1O)C(Cl)=C3)C4(O)O. The molecule has 33 nitrogen and oxygen atoms in total. The number of carbonyl (C=O) groups excluding carboxylic acids is 8. The lowest BCUT2D eigenvalue weighted by molar-refractivity contribution is -0.330. The van der Waals surface area contributed by atoms with Crippen LogP contribution in [-0.4, -0.2) is 211 Å². The Morgan fingerprint density at radius 2 is 1.53 bits per heavy atom. The standard InChI is InChI=1S/C76H92Cl2N10O23/c1-27(2)11-45(82-4)69(99)88-61-63(95)31-7-10-49(43(78)15-31)108-51-17-32-16-50(66(51)111-74-67(65(97)64(96)52(26-89)109-74)110-55-22-44(79)62(94)28(3)106-55)107-48-9-6-29(14-42(48)77)47(91)24-54(93)84-60(72(102)85-57-33-12-34-18-35-19-41(57)75(34,35)25-33)38-20-36(90)21-40-56(38)37-13-30(5-8-39(37)76(40,104)105)58(68(81)98)86-71(101)59(32)87-70(100)46(23-53(80)92)83-73(61)103/h5-8,10,13-17,20,27-28,33-36,41,44-48,52,55,57-65,67,74,82,89-91,94-97,104-105H,9,11-12,18-19,21-26,79H2,1-4H3,(H2,80,92)(H2,81,98)(H,83,103)(H,84,93)(H,85,102)(H,86,101)(H,87,100)(H,88,99). The van der Waals surface area contributed by atoms with E-state index in [1.165, 1.54) is 62.5 Å². The van der Waals surface area contributed by atoms with Gasteiger partial charge in [-0.3, -0.25) is 38.4 Å². The van der Waals surface area contributed by atoms with Crippen molar-refractivity contribution in [2.24, 2.45) is 52.2 Å². The second-order valence-corrected chi connectivity index (χ2v) is 32.3. The highest BCUT2D eigenvalue weighted by molar-refractivity contribution is 6.32. The molecular formula is C76H92Cl2N10O23. The largest absolute Gasteiger partial charge is 0.480 e. The van der Waals surface area contributed by atoms with Crippen molar-refractivity contribution in [3.8, 4) is 23.0 Å². The molecule has 25 unspecified atom stereocenters. The zero-order valence-corrected chi connectivity index (χ0v) is 62.3. The van der Waals surface area contributed by atoms with Crippen molar-refractivity contribution in [1.82, 2.24) is 37.2 Å². The first kappa shape index (κ1) is 79.4. The first-order valence-electron chi connectivity index (χ1n) is 37.2. The van der Waals surface area contributed by atoms with Gasteiger partial charge >= 0.3 is 0 Å². The summed E-state index contributed by atoms with van der Waals surface area (Å²) in [7, 11) is 1.49. The van der Waals surface area contributed by atoms with Crippen LogP contribution in [0.1, 0.15) is 131 Å². The van der Waals surface area contributed by atoms with Gasteiger partial charge < -0.3 is 129 Å². The lowest BCUT2D eigenvalue weighted by Gasteiger charge is -2.67. The van der Waals surface area contributed by atoms with Gasteiger partial charge in [0.1, 0.15) is 66.5 Å². The number of nitrogens with one attached hydrogen (secondary N) is 7. The second-order valence-electron chi connectivity index (χ2n) is 31.5. The van der Waals surface area contributed by atoms with Gasteiger partial charge in [0.25, 0.3) is 0 Å². The Morgan fingerprint density at radius 3 is 2.21 bits per heavy atom. The number of hydrogen-bond donors (Lipinski definition) is 19. The van der Waals surface area contributed by atoms with Crippen LogP contribution in [-0.2, 0) is 58.4 Å². The van der Waals surface area contributed by atoms with Gasteiger partial charge in [-0.15, -0.1) is 0 Å². The maximum atomic E-state index is 16.1. The van der Waals surface area contributed by atoms with E-state index in [1.807, 2.05) is 13.8 Å². The van der Waals surface area contributed by atoms with E-state index in [4.69, 9.17) is 68.8 Å². The van der Waals surface area contributed by atoms with Gasteiger partial charge in [0.05, 0.1) is 60.0 Å². The number of ether oxygens (including phenoxy) is 6. The molecule has 3 aromatic rings. The zero-order valence-electron chi connectivity index (χ0n) is 60.8. The Kier molecular flexibility index (Phi) is 22.2. The maximum absolute atomic E-state index is 16.1. The Morgan fingerprint density at radius 1 is 0.793 bits per heavy atom. The van der Waals surface area contributed by atoms with Crippen LogP contribution in [0.4, 0.5) is 0 Å². The Bertz CT molecular complexity index is 4390. The number of amides is 8. The van der Waals surface area contributed by atoms with E-state index in [0.29, 0.717) is 11.8 Å². The highest BCUT2D eigenvalue weighted by atomic mass is 35.5. The third-order valence-electron chi connectivity index (χ3n) is 24.1. The molecule has 16 rings (SSSR count). The molecule has 2 saturated heterocycles. The average molecular weight is 1580 g/mol. The lowest BCUT2D eigenvalue weighted by Crippen LogP contribution is -2.66. The van der Waals surface area contributed by atoms with Gasteiger partial charge in [0, 0.05) is 42.5 Å². The number of aliphatic hydroxyl groups is 9. The number of carbonyl (C=O) groups is 8. The highest BCUT2D eigenvalue weighted by Gasteiger charge is 2.76. The van der Waals surface area contributed by atoms with Crippen LogP contribution in [0, 0.1) is 35.0 Å². The molecule has 1 spiro atoms. The van der Waals surface area contributed by atoms with Gasteiger partial charge in [-0.2, -0.15) is 0 Å². The van der Waals surface area contributed by atoms with E-state index in [-0.39, 0.29) is 109 Å². The number of halogens is 2. The predicted molar refractivity (Wildman–Crippen MR) is 389 cm³/mol. The van der Waals surface area contributed by atoms with E-state index in [2.05, 4.69) is 37.2 Å². The van der Waals surface area contributed by atoms with Gasteiger partial charge in [-0.25, -0.2) is 0 Å². The van der Waals surface area contributed by atoms with Crippen molar-refractivity contribution in [3.05, 3.63) is 121 Å². The molecule has 13 aliphatic rings. The smallest absolute Gasteiger partial charge is 0.248 e. The Labute approximate surface area is 645 Å². The fourth-order valence-corrected chi connectivity index (χ4v) is 19.1. The fraction of sp³-hybridized carbons (Fsp3) is 0.553. The summed E-state index contributed by atoms with van der Waals surface area (Å²) in [6.07, 6.45) is -14.0. The first-order valence-corrected chi connectivity index (χ1v) is 38.0. The molecule has 4 saturated carbocycles. The fourth-order valence-electron chi connectivity index (χ4n) is 18.6. The minimum atomic E-state index is -2.90. The van der Waals surface area contributed by atoms with Gasteiger partial charge in [0.15, 0.2) is 23.9 Å². The molecule has 8 amide bonds. The summed E-state index contributed by atoms with van der Waals surface area (Å²) in [4.78, 5) is 118. The molecule has 598 valence electrons. The molecule has 35 heteroatoms. The monoisotopic (exact) mass is 1580 g/mol. The van der Waals surface area contributed by atoms with Crippen molar-refractivity contribution in [2.75, 3.05) is 13.7 Å². The quantitative estimate of drug-likeness (QED) is 0.0793. The molecular weight excluding hydrogens is 1490 g/mol. The van der Waals surface area contributed by atoms with E-state index < -0.39 is 218 Å². The van der Waals surface area contributed by atoms with E-state index in [9.17, 15) is 69.9 Å². The van der Waals surface area contributed by atoms with Crippen molar-refractivity contribution >= 4 is 76.0 Å². The molecule has 11 bridgehead atoms. The summed E-state index contributed by atoms with van der Waals surface area (Å²) in [5.41, 5.74) is 17.2. The lowest BCUT2D eigenvalue weighted by atomic mass is 9.38. The maximum Gasteiger partial charge on any atom is 0.248 e. The first-order chi connectivity index (χ1) is 52.6. The molecule has 7 aliphatic carbocycles. The van der Waals surface area contributed by atoms with Crippen LogP contribution < -0.4 is 68.6 Å². The zero-order chi connectivity index (χ0) is 79.5. The summed E-state index contributed by atoms with van der Waals surface area (Å²) in [5.74, 6) is -12.5. The minimum Gasteiger partial charge on any atom is -0.480 e. The predicted octanol–water partition coefficient (Wildman–Crippen LogP) is -1.22. The summed E-state index contributed by atoms with van der Waals surface area (Å²) in [5, 5.41) is 124. The number of likely N-dealkylation sites (N-methyl/N-ethyl adjacent to an activating group) is 1. The highest BCUT2D eigenvalue weighted by Crippen LogP contribution is 2.81. The molecule has 25 atom stereocenters. The average Bonchev–Trinajstić information content (AvgIpc) is 1.49. The van der Waals surface area contributed by atoms with Crippen molar-refractivity contribution in [1.29, 1.82) is 0 Å². The minimum absolute atomic E-state index is 0.0453.